The van der Waals surface area contributed by atoms with Gasteiger partial charge in [0.25, 0.3) is 0 Å². The molecular weight excluding hydrogens is 224 g/mol. The highest BCUT2D eigenvalue weighted by Crippen LogP contribution is 2.15. The van der Waals surface area contributed by atoms with Crippen LogP contribution in [0.1, 0.15) is 19.3 Å². The molecule has 0 aliphatic carbocycles. The van der Waals surface area contributed by atoms with E-state index >= 15 is 0 Å². The van der Waals surface area contributed by atoms with Crippen LogP contribution in [0, 0.1) is 0 Å². The van der Waals surface area contributed by atoms with Gasteiger partial charge in [0.15, 0.2) is 0 Å². The zero-order valence-electron chi connectivity index (χ0n) is 11.1. The lowest BCUT2D eigenvalue weighted by atomic mass is 10.3. The minimum Gasteiger partial charge on any atom is -0.396 e. The monoisotopic (exact) mass is 248 g/mol. The lowest BCUT2D eigenvalue weighted by Gasteiger charge is -2.23. The van der Waals surface area contributed by atoms with Gasteiger partial charge in [-0.25, -0.2) is 0 Å². The molecule has 1 aromatic carbocycles. The van der Waals surface area contributed by atoms with Crippen LogP contribution < -0.4 is 4.90 Å². The van der Waals surface area contributed by atoms with Gasteiger partial charge in [-0.15, -0.1) is 0 Å². The van der Waals surface area contributed by atoms with Crippen molar-refractivity contribution in [2.75, 3.05) is 44.2 Å². The van der Waals surface area contributed by atoms with E-state index in [1.165, 1.54) is 18.7 Å². The number of anilines is 1. The summed E-state index contributed by atoms with van der Waals surface area (Å²) in [6.45, 7) is 6.05. The first-order valence-electron chi connectivity index (χ1n) is 7.03. The van der Waals surface area contributed by atoms with Crippen LogP contribution >= 0.6 is 0 Å². The fourth-order valence-electron chi connectivity index (χ4n) is 2.54. The zero-order chi connectivity index (χ0) is 12.6. The number of aliphatic hydroxyl groups excluding tert-OH is 1. The van der Waals surface area contributed by atoms with Crippen molar-refractivity contribution in [3.05, 3.63) is 30.3 Å². The predicted molar refractivity (Wildman–Crippen MR) is 76.0 cm³/mol. The second kappa shape index (κ2) is 7.39. The van der Waals surface area contributed by atoms with Crippen LogP contribution in [0.5, 0.6) is 0 Å². The van der Waals surface area contributed by atoms with Crippen LogP contribution in [-0.2, 0) is 0 Å². The third kappa shape index (κ3) is 4.00. The minimum atomic E-state index is 0.323. The molecule has 18 heavy (non-hydrogen) atoms. The second-order valence-corrected chi connectivity index (χ2v) is 4.95. The van der Waals surface area contributed by atoms with Crippen molar-refractivity contribution >= 4 is 5.69 Å². The van der Waals surface area contributed by atoms with E-state index in [1.807, 2.05) is 0 Å². The summed E-state index contributed by atoms with van der Waals surface area (Å²) in [5, 5.41) is 8.82. The molecule has 3 heteroatoms. The molecule has 3 nitrogen and oxygen atoms in total. The molecule has 1 heterocycles. The van der Waals surface area contributed by atoms with Crippen molar-refractivity contribution in [3.8, 4) is 0 Å². The number of rotatable bonds is 5. The van der Waals surface area contributed by atoms with E-state index in [1.54, 1.807) is 0 Å². The van der Waals surface area contributed by atoms with Gasteiger partial charge >= 0.3 is 0 Å². The summed E-state index contributed by atoms with van der Waals surface area (Å²) >= 11 is 0. The van der Waals surface area contributed by atoms with Crippen LogP contribution in [0.15, 0.2) is 30.3 Å². The average Bonchev–Trinajstić information content (AvgIpc) is 2.66. The summed E-state index contributed by atoms with van der Waals surface area (Å²) in [4.78, 5) is 5.00. The molecule has 1 aliphatic heterocycles. The Bertz CT molecular complexity index is 329. The fourth-order valence-corrected chi connectivity index (χ4v) is 2.54. The third-order valence-corrected chi connectivity index (χ3v) is 3.59. The third-order valence-electron chi connectivity index (χ3n) is 3.59. The Balaban J connectivity index is 1.81. The number of aliphatic hydroxyl groups is 1. The van der Waals surface area contributed by atoms with E-state index in [4.69, 9.17) is 5.11 Å². The van der Waals surface area contributed by atoms with Gasteiger partial charge in [0.2, 0.25) is 0 Å². The molecule has 0 spiro atoms. The fraction of sp³-hybridized carbons (Fsp3) is 0.600. The van der Waals surface area contributed by atoms with Crippen LogP contribution in [0.25, 0.3) is 0 Å². The maximum atomic E-state index is 8.82. The Hall–Kier alpha value is -1.06. The Kier molecular flexibility index (Phi) is 5.49. The van der Waals surface area contributed by atoms with Crippen molar-refractivity contribution < 1.29 is 5.11 Å². The SMILES string of the molecule is OCCCCN1CCCN(c2ccccc2)CC1. The quantitative estimate of drug-likeness (QED) is 0.807. The smallest absolute Gasteiger partial charge is 0.0431 e. The molecule has 0 atom stereocenters. The molecular formula is C15H24N2O. The van der Waals surface area contributed by atoms with E-state index in [2.05, 4.69) is 40.1 Å². The summed E-state index contributed by atoms with van der Waals surface area (Å²) in [7, 11) is 0. The number of hydrogen-bond donors (Lipinski definition) is 1. The maximum Gasteiger partial charge on any atom is 0.0431 e. The van der Waals surface area contributed by atoms with Crippen LogP contribution in [0.4, 0.5) is 5.69 Å². The number of unbranched alkanes of at least 4 members (excludes halogenated alkanes) is 1. The first-order chi connectivity index (χ1) is 8.90. The number of nitrogens with zero attached hydrogens (tertiary/aromatic N) is 2. The molecule has 1 aromatic rings. The molecule has 0 aromatic heterocycles. The van der Waals surface area contributed by atoms with Crippen molar-refractivity contribution in [2.45, 2.75) is 19.3 Å². The molecule has 0 saturated carbocycles. The van der Waals surface area contributed by atoms with Crippen LogP contribution in [0.2, 0.25) is 0 Å². The number of benzene rings is 1. The van der Waals surface area contributed by atoms with Gasteiger partial charge < -0.3 is 14.9 Å². The Morgan fingerprint density at radius 2 is 1.78 bits per heavy atom. The number of hydrogen-bond acceptors (Lipinski definition) is 3. The van der Waals surface area contributed by atoms with Crippen LogP contribution in [-0.4, -0.2) is 49.3 Å². The van der Waals surface area contributed by atoms with Crippen molar-refractivity contribution in [2.24, 2.45) is 0 Å². The Morgan fingerprint density at radius 1 is 0.944 bits per heavy atom. The average molecular weight is 248 g/mol. The summed E-state index contributed by atoms with van der Waals surface area (Å²) < 4.78 is 0. The van der Waals surface area contributed by atoms with Gasteiger partial charge in [-0.1, -0.05) is 18.2 Å². The van der Waals surface area contributed by atoms with Gasteiger partial charge in [-0.05, 0) is 44.5 Å². The highest BCUT2D eigenvalue weighted by molar-refractivity contribution is 5.46. The standard InChI is InChI=1S/C15H24N2O/c18-14-5-4-9-16-10-6-11-17(13-12-16)15-7-2-1-3-8-15/h1-3,7-8,18H,4-6,9-14H2. The molecule has 0 bridgehead atoms. The molecule has 1 fully saturated rings. The highest BCUT2D eigenvalue weighted by Gasteiger charge is 2.14. The number of para-hydroxylation sites is 1. The van der Waals surface area contributed by atoms with Gasteiger partial charge in [0, 0.05) is 31.9 Å². The molecule has 100 valence electrons. The molecule has 2 rings (SSSR count). The van der Waals surface area contributed by atoms with Crippen LogP contribution in [0.3, 0.4) is 0 Å². The van der Waals surface area contributed by atoms with E-state index in [-0.39, 0.29) is 0 Å². The van der Waals surface area contributed by atoms with Crippen molar-refractivity contribution in [1.82, 2.24) is 4.90 Å². The van der Waals surface area contributed by atoms with Gasteiger partial charge in [0.1, 0.15) is 0 Å². The Morgan fingerprint density at radius 3 is 2.56 bits per heavy atom. The second-order valence-electron chi connectivity index (χ2n) is 4.95. The normalized spacial score (nSPS) is 17.7. The molecule has 0 unspecified atom stereocenters. The summed E-state index contributed by atoms with van der Waals surface area (Å²) in [6, 6.07) is 10.7. The molecule has 1 aliphatic rings. The van der Waals surface area contributed by atoms with E-state index in [0.717, 1.165) is 39.0 Å². The molecule has 0 radical (unpaired) electrons. The first kappa shape index (κ1) is 13.4. The van der Waals surface area contributed by atoms with E-state index in [9.17, 15) is 0 Å². The van der Waals surface area contributed by atoms with Crippen molar-refractivity contribution in [3.63, 3.8) is 0 Å². The first-order valence-corrected chi connectivity index (χ1v) is 7.03. The van der Waals surface area contributed by atoms with E-state index in [0.29, 0.717) is 6.61 Å². The molecule has 1 saturated heterocycles. The van der Waals surface area contributed by atoms with Crippen molar-refractivity contribution in [1.29, 1.82) is 0 Å². The summed E-state index contributed by atoms with van der Waals surface area (Å²) in [5.41, 5.74) is 1.34. The summed E-state index contributed by atoms with van der Waals surface area (Å²) in [6.07, 6.45) is 3.27. The van der Waals surface area contributed by atoms with Gasteiger partial charge in [-0.2, -0.15) is 0 Å². The maximum absolute atomic E-state index is 8.82. The Labute approximate surface area is 110 Å². The predicted octanol–water partition coefficient (Wildman–Crippen LogP) is 1.97. The lowest BCUT2D eigenvalue weighted by molar-refractivity contribution is 0.250. The minimum absolute atomic E-state index is 0.323. The zero-order valence-corrected chi connectivity index (χ0v) is 11.1. The highest BCUT2D eigenvalue weighted by atomic mass is 16.2. The summed E-state index contributed by atoms with van der Waals surface area (Å²) in [5.74, 6) is 0. The van der Waals surface area contributed by atoms with Gasteiger partial charge in [-0.3, -0.25) is 0 Å². The topological polar surface area (TPSA) is 26.7 Å². The molecule has 0 amide bonds. The van der Waals surface area contributed by atoms with E-state index < -0.39 is 0 Å². The molecule has 1 N–H and O–H groups in total. The lowest BCUT2D eigenvalue weighted by Crippen LogP contribution is -2.31. The van der Waals surface area contributed by atoms with Gasteiger partial charge in [0.05, 0.1) is 0 Å². The largest absolute Gasteiger partial charge is 0.396 e.